The molecule has 0 bridgehead atoms. The predicted molar refractivity (Wildman–Crippen MR) is 115 cm³/mol. The molecular formula is C23H18ClF3N2O3. The lowest BCUT2D eigenvalue weighted by Gasteiger charge is -2.12. The second kappa shape index (κ2) is 10.2. The summed E-state index contributed by atoms with van der Waals surface area (Å²) in [6, 6.07) is 16.7. The number of hydrogen-bond acceptors (Lipinski definition) is 4. The van der Waals surface area contributed by atoms with Crippen LogP contribution in [-0.2, 0) is 12.8 Å². The van der Waals surface area contributed by atoms with E-state index in [2.05, 4.69) is 10.5 Å². The molecule has 32 heavy (non-hydrogen) atoms. The second-order valence-electron chi connectivity index (χ2n) is 6.57. The molecule has 1 N–H and O–H groups in total. The van der Waals surface area contributed by atoms with E-state index in [0.717, 1.165) is 17.7 Å². The molecule has 0 aliphatic heterocycles. The molecule has 166 valence electrons. The number of alkyl halides is 3. The predicted octanol–water partition coefficient (Wildman–Crippen LogP) is 5.71. The van der Waals surface area contributed by atoms with Gasteiger partial charge in [0, 0.05) is 5.02 Å². The molecule has 5 nitrogen and oxygen atoms in total. The number of hydrazone groups is 1. The Hall–Kier alpha value is -3.52. The first-order chi connectivity index (χ1) is 15.3. The van der Waals surface area contributed by atoms with Crippen LogP contribution in [0.15, 0.2) is 71.8 Å². The summed E-state index contributed by atoms with van der Waals surface area (Å²) in [7, 11) is 1.47. The van der Waals surface area contributed by atoms with Crippen LogP contribution in [0.5, 0.6) is 11.5 Å². The molecule has 9 heteroatoms. The van der Waals surface area contributed by atoms with Gasteiger partial charge in [0.25, 0.3) is 5.91 Å². The first-order valence-corrected chi connectivity index (χ1v) is 9.70. The van der Waals surface area contributed by atoms with Crippen molar-refractivity contribution in [2.45, 2.75) is 12.8 Å². The first-order valence-electron chi connectivity index (χ1n) is 9.33. The van der Waals surface area contributed by atoms with E-state index < -0.39 is 23.2 Å². The van der Waals surface area contributed by atoms with Crippen LogP contribution < -0.4 is 14.9 Å². The number of carbonyl (C=O) groups excluding carboxylic acids is 1. The number of carbonyl (C=O) groups is 1. The summed E-state index contributed by atoms with van der Waals surface area (Å²) < 4.78 is 50.3. The molecular weight excluding hydrogens is 445 g/mol. The molecule has 0 aromatic heterocycles. The van der Waals surface area contributed by atoms with Crippen LogP contribution in [0.1, 0.15) is 27.0 Å². The minimum Gasteiger partial charge on any atom is -0.493 e. The number of nitrogens with zero attached hydrogens (tertiary/aromatic N) is 1. The molecule has 0 spiro atoms. The highest BCUT2D eigenvalue weighted by Gasteiger charge is 2.34. The number of amides is 1. The molecule has 0 heterocycles. The molecule has 0 aliphatic rings. The quantitative estimate of drug-likeness (QED) is 0.361. The Morgan fingerprint density at radius 3 is 2.47 bits per heavy atom. The van der Waals surface area contributed by atoms with Crippen molar-refractivity contribution < 1.29 is 27.4 Å². The van der Waals surface area contributed by atoms with E-state index in [1.54, 1.807) is 30.3 Å². The Labute approximate surface area is 187 Å². The number of nitrogens with one attached hydrogen (secondary N) is 1. The van der Waals surface area contributed by atoms with E-state index in [4.69, 9.17) is 21.1 Å². The fourth-order valence-electron chi connectivity index (χ4n) is 2.78. The summed E-state index contributed by atoms with van der Waals surface area (Å²) in [5.41, 5.74) is 2.03. The van der Waals surface area contributed by atoms with Gasteiger partial charge >= 0.3 is 6.18 Å². The number of methoxy groups -OCH3 is 1. The number of benzene rings is 3. The Balaban J connectivity index is 1.66. The molecule has 3 rings (SSSR count). The monoisotopic (exact) mass is 462 g/mol. The van der Waals surface area contributed by atoms with Gasteiger partial charge in [-0.25, -0.2) is 5.43 Å². The van der Waals surface area contributed by atoms with Gasteiger partial charge in [-0.2, -0.15) is 18.3 Å². The summed E-state index contributed by atoms with van der Waals surface area (Å²) in [6.07, 6.45) is -3.35. The van der Waals surface area contributed by atoms with Crippen molar-refractivity contribution in [2.24, 2.45) is 5.10 Å². The van der Waals surface area contributed by atoms with Crippen molar-refractivity contribution in [3.8, 4) is 11.5 Å². The number of ether oxygens (including phenoxy) is 2. The lowest BCUT2D eigenvalue weighted by atomic mass is 10.1. The Morgan fingerprint density at radius 1 is 1.06 bits per heavy atom. The van der Waals surface area contributed by atoms with Crippen LogP contribution >= 0.6 is 11.6 Å². The standard InChI is InChI=1S/C23H18ClF3N2O3/c1-31-21-12-16(8-11-20(21)32-14-15-6-9-17(24)10-7-15)13-28-29-22(30)18-4-2-3-5-19(18)23(25,26)27/h2-13H,14H2,1H3,(H,29,30)/b28-13+. The third kappa shape index (κ3) is 6.01. The topological polar surface area (TPSA) is 59.9 Å². The summed E-state index contributed by atoms with van der Waals surface area (Å²) in [4.78, 5) is 12.1. The molecule has 1 amide bonds. The van der Waals surface area contributed by atoms with Gasteiger partial charge in [-0.05, 0) is 53.6 Å². The highest BCUT2D eigenvalue weighted by molar-refractivity contribution is 6.30. The van der Waals surface area contributed by atoms with Gasteiger partial charge < -0.3 is 9.47 Å². The summed E-state index contributed by atoms with van der Waals surface area (Å²) in [6.45, 7) is 0.301. The third-order valence-corrected chi connectivity index (χ3v) is 4.60. The minimum atomic E-state index is -4.65. The molecule has 0 aliphatic carbocycles. The number of rotatable bonds is 7. The van der Waals surface area contributed by atoms with Crippen LogP contribution in [0.2, 0.25) is 5.02 Å². The Bertz CT molecular complexity index is 1120. The average Bonchev–Trinajstić information content (AvgIpc) is 2.78. The maximum Gasteiger partial charge on any atom is 0.417 e. The lowest BCUT2D eigenvalue weighted by molar-refractivity contribution is -0.137. The van der Waals surface area contributed by atoms with Gasteiger partial charge in [0.05, 0.1) is 24.5 Å². The van der Waals surface area contributed by atoms with Gasteiger partial charge in [0.2, 0.25) is 0 Å². The second-order valence-corrected chi connectivity index (χ2v) is 7.00. The zero-order valence-corrected chi connectivity index (χ0v) is 17.6. The molecule has 0 unspecified atom stereocenters. The molecule has 3 aromatic carbocycles. The number of hydrogen-bond donors (Lipinski definition) is 1. The van der Waals surface area contributed by atoms with E-state index in [1.165, 1.54) is 25.5 Å². The summed E-state index contributed by atoms with van der Waals surface area (Å²) in [5, 5.41) is 4.38. The largest absolute Gasteiger partial charge is 0.493 e. The Morgan fingerprint density at radius 2 is 1.78 bits per heavy atom. The van der Waals surface area contributed by atoms with Gasteiger partial charge in [0.1, 0.15) is 6.61 Å². The van der Waals surface area contributed by atoms with Gasteiger partial charge in [0.15, 0.2) is 11.5 Å². The van der Waals surface area contributed by atoms with Crippen molar-refractivity contribution in [1.82, 2.24) is 5.43 Å². The van der Waals surface area contributed by atoms with Crippen LogP contribution in [-0.4, -0.2) is 19.2 Å². The highest BCUT2D eigenvalue weighted by atomic mass is 35.5. The van der Waals surface area contributed by atoms with Crippen molar-refractivity contribution >= 4 is 23.7 Å². The molecule has 0 saturated heterocycles. The average molecular weight is 463 g/mol. The molecule has 0 saturated carbocycles. The SMILES string of the molecule is COc1cc(/C=N/NC(=O)c2ccccc2C(F)(F)F)ccc1OCc1ccc(Cl)cc1. The van der Waals surface area contributed by atoms with Crippen LogP contribution in [0.25, 0.3) is 0 Å². The lowest BCUT2D eigenvalue weighted by Crippen LogP contribution is -2.22. The van der Waals surface area contributed by atoms with E-state index >= 15 is 0 Å². The van der Waals surface area contributed by atoms with Gasteiger partial charge in [-0.3, -0.25) is 4.79 Å². The van der Waals surface area contributed by atoms with Crippen LogP contribution in [0, 0.1) is 0 Å². The third-order valence-electron chi connectivity index (χ3n) is 4.35. The van der Waals surface area contributed by atoms with E-state index in [-0.39, 0.29) is 0 Å². The maximum atomic E-state index is 13.1. The Kier molecular flexibility index (Phi) is 7.37. The first kappa shape index (κ1) is 23.1. The maximum absolute atomic E-state index is 13.1. The minimum absolute atomic E-state index is 0.301. The van der Waals surface area contributed by atoms with Gasteiger partial charge in [-0.15, -0.1) is 0 Å². The van der Waals surface area contributed by atoms with Gasteiger partial charge in [-0.1, -0.05) is 35.9 Å². The van der Waals surface area contributed by atoms with Crippen LogP contribution in [0.3, 0.4) is 0 Å². The van der Waals surface area contributed by atoms with Crippen molar-refractivity contribution in [1.29, 1.82) is 0 Å². The molecule has 0 radical (unpaired) electrons. The zero-order valence-electron chi connectivity index (χ0n) is 16.8. The van der Waals surface area contributed by atoms with Crippen molar-refractivity contribution in [2.75, 3.05) is 7.11 Å². The molecule has 3 aromatic rings. The van der Waals surface area contributed by atoms with Crippen molar-refractivity contribution in [3.05, 3.63) is 94.0 Å². The summed E-state index contributed by atoms with van der Waals surface area (Å²) >= 11 is 5.87. The zero-order chi connectivity index (χ0) is 23.1. The summed E-state index contributed by atoms with van der Waals surface area (Å²) in [5.74, 6) is -0.0524. The fourth-order valence-corrected chi connectivity index (χ4v) is 2.91. The highest BCUT2D eigenvalue weighted by Crippen LogP contribution is 2.32. The number of halogens is 4. The normalized spacial score (nSPS) is 11.4. The molecule has 0 atom stereocenters. The smallest absolute Gasteiger partial charge is 0.417 e. The van der Waals surface area contributed by atoms with E-state index in [1.807, 2.05) is 12.1 Å². The van der Waals surface area contributed by atoms with Crippen LogP contribution in [0.4, 0.5) is 13.2 Å². The van der Waals surface area contributed by atoms with Crippen molar-refractivity contribution in [3.63, 3.8) is 0 Å². The van der Waals surface area contributed by atoms with E-state index in [9.17, 15) is 18.0 Å². The van der Waals surface area contributed by atoms with E-state index in [0.29, 0.717) is 28.7 Å². The fraction of sp³-hybridized carbons (Fsp3) is 0.130. The molecule has 0 fully saturated rings.